The van der Waals surface area contributed by atoms with Gasteiger partial charge < -0.3 is 15.0 Å². The molecular formula is C15H23N3O4. The Kier molecular flexibility index (Phi) is 5.18. The van der Waals surface area contributed by atoms with Crippen LogP contribution in [-0.4, -0.2) is 45.1 Å². The smallest absolute Gasteiger partial charge is 0.326 e. The van der Waals surface area contributed by atoms with Gasteiger partial charge in [-0.25, -0.2) is 4.79 Å². The molecule has 0 bridgehead atoms. The highest BCUT2D eigenvalue weighted by atomic mass is 16.3. The molecule has 7 nitrogen and oxygen atoms in total. The van der Waals surface area contributed by atoms with Gasteiger partial charge in [-0.2, -0.15) is 0 Å². The second-order valence-corrected chi connectivity index (χ2v) is 6.33. The minimum atomic E-state index is -0.682. The number of nitrogens with zero attached hydrogens (tertiary/aromatic N) is 1. The van der Waals surface area contributed by atoms with Crippen LogP contribution in [0, 0.1) is 11.8 Å². The standard InChI is InChI=1S/C15H23N3O4/c1-9(2)7-12(19)10-3-5-18(6-4-10)14(21)11-8-13(20)17-15(22)16-11/h8-10,12,19H,3-7H2,1-2H3,(H2,16,17,20,22)/t12-/m1/s1. The van der Waals surface area contributed by atoms with Gasteiger partial charge in [-0.15, -0.1) is 0 Å². The fraction of sp³-hybridized carbons (Fsp3) is 0.667. The summed E-state index contributed by atoms with van der Waals surface area (Å²) in [6.07, 6.45) is 1.89. The van der Waals surface area contributed by atoms with Crippen molar-refractivity contribution in [2.75, 3.05) is 13.1 Å². The number of aromatic nitrogens is 2. The number of hydrogen-bond acceptors (Lipinski definition) is 4. The maximum atomic E-state index is 12.3. The van der Waals surface area contributed by atoms with Crippen LogP contribution in [0.25, 0.3) is 0 Å². The number of nitrogens with one attached hydrogen (secondary N) is 2. The molecule has 0 aromatic carbocycles. The molecule has 1 fully saturated rings. The number of carbonyl (C=O) groups excluding carboxylic acids is 1. The average Bonchev–Trinajstić information content (AvgIpc) is 2.45. The van der Waals surface area contributed by atoms with Crippen molar-refractivity contribution in [2.45, 2.75) is 39.2 Å². The third kappa shape index (κ3) is 4.07. The van der Waals surface area contributed by atoms with Gasteiger partial charge in [-0.3, -0.25) is 14.6 Å². The van der Waals surface area contributed by atoms with Gasteiger partial charge in [-0.05, 0) is 31.1 Å². The number of amides is 1. The molecule has 1 aromatic heterocycles. The number of carbonyl (C=O) groups is 1. The van der Waals surface area contributed by atoms with E-state index >= 15 is 0 Å². The van der Waals surface area contributed by atoms with Crippen molar-refractivity contribution >= 4 is 5.91 Å². The Labute approximate surface area is 128 Å². The summed E-state index contributed by atoms with van der Waals surface area (Å²) >= 11 is 0. The van der Waals surface area contributed by atoms with Crippen molar-refractivity contribution in [3.8, 4) is 0 Å². The second-order valence-electron chi connectivity index (χ2n) is 6.33. The lowest BCUT2D eigenvalue weighted by molar-refractivity contribution is 0.0382. The maximum absolute atomic E-state index is 12.3. The molecular weight excluding hydrogens is 286 g/mol. The van der Waals surface area contributed by atoms with Crippen LogP contribution in [0.5, 0.6) is 0 Å². The molecule has 1 atom stereocenters. The second kappa shape index (κ2) is 6.91. The van der Waals surface area contributed by atoms with Gasteiger partial charge in [0.05, 0.1) is 6.10 Å². The molecule has 0 unspecified atom stereocenters. The first-order chi connectivity index (χ1) is 10.4. The number of piperidine rings is 1. The van der Waals surface area contributed by atoms with E-state index in [4.69, 9.17) is 0 Å². The molecule has 2 rings (SSSR count). The predicted octanol–water partition coefficient (Wildman–Crippen LogP) is 0.322. The molecule has 22 heavy (non-hydrogen) atoms. The summed E-state index contributed by atoms with van der Waals surface area (Å²) < 4.78 is 0. The summed E-state index contributed by atoms with van der Waals surface area (Å²) in [6.45, 7) is 5.19. The van der Waals surface area contributed by atoms with Gasteiger partial charge in [0.15, 0.2) is 0 Å². The monoisotopic (exact) mass is 309 g/mol. The van der Waals surface area contributed by atoms with Gasteiger partial charge in [-0.1, -0.05) is 13.8 Å². The Morgan fingerprint density at radius 3 is 2.50 bits per heavy atom. The molecule has 2 heterocycles. The van der Waals surface area contributed by atoms with E-state index in [1.165, 1.54) is 0 Å². The molecule has 0 aliphatic carbocycles. The van der Waals surface area contributed by atoms with Crippen molar-refractivity contribution in [1.82, 2.24) is 14.9 Å². The highest BCUT2D eigenvalue weighted by molar-refractivity contribution is 5.92. The maximum Gasteiger partial charge on any atom is 0.326 e. The average molecular weight is 309 g/mol. The number of aliphatic hydroxyl groups excluding tert-OH is 1. The van der Waals surface area contributed by atoms with Crippen molar-refractivity contribution < 1.29 is 9.90 Å². The van der Waals surface area contributed by atoms with Crippen LogP contribution >= 0.6 is 0 Å². The zero-order valence-electron chi connectivity index (χ0n) is 13.0. The minimum Gasteiger partial charge on any atom is -0.393 e. The van der Waals surface area contributed by atoms with Crippen molar-refractivity contribution in [1.29, 1.82) is 0 Å². The molecule has 0 spiro atoms. The largest absolute Gasteiger partial charge is 0.393 e. The highest BCUT2D eigenvalue weighted by Crippen LogP contribution is 2.25. The van der Waals surface area contributed by atoms with Gasteiger partial charge in [0, 0.05) is 19.2 Å². The van der Waals surface area contributed by atoms with Gasteiger partial charge >= 0.3 is 5.69 Å². The molecule has 1 aliphatic rings. The van der Waals surface area contributed by atoms with E-state index in [9.17, 15) is 19.5 Å². The first-order valence-electron chi connectivity index (χ1n) is 7.68. The molecule has 1 amide bonds. The predicted molar refractivity (Wildman–Crippen MR) is 81.8 cm³/mol. The summed E-state index contributed by atoms with van der Waals surface area (Å²) in [5.41, 5.74) is -1.26. The van der Waals surface area contributed by atoms with Crippen molar-refractivity contribution in [3.63, 3.8) is 0 Å². The topological polar surface area (TPSA) is 106 Å². The molecule has 122 valence electrons. The Bertz CT molecular complexity index is 598. The third-order valence-corrected chi connectivity index (χ3v) is 4.07. The van der Waals surface area contributed by atoms with E-state index in [2.05, 4.69) is 18.8 Å². The summed E-state index contributed by atoms with van der Waals surface area (Å²) in [7, 11) is 0. The van der Waals surface area contributed by atoms with E-state index in [0.29, 0.717) is 19.0 Å². The summed E-state index contributed by atoms with van der Waals surface area (Å²) in [5, 5.41) is 10.2. The van der Waals surface area contributed by atoms with E-state index in [0.717, 1.165) is 25.3 Å². The van der Waals surface area contributed by atoms with Crippen LogP contribution in [0.1, 0.15) is 43.6 Å². The molecule has 0 saturated carbocycles. The molecule has 7 heteroatoms. The lowest BCUT2D eigenvalue weighted by atomic mass is 9.87. The van der Waals surface area contributed by atoms with Crippen molar-refractivity contribution in [3.05, 3.63) is 32.6 Å². The minimum absolute atomic E-state index is 0.00919. The van der Waals surface area contributed by atoms with Crippen LogP contribution < -0.4 is 11.2 Å². The van der Waals surface area contributed by atoms with Gasteiger partial charge in [0.1, 0.15) is 5.69 Å². The number of rotatable bonds is 4. The molecule has 1 saturated heterocycles. The molecule has 0 radical (unpaired) electrons. The fourth-order valence-corrected chi connectivity index (χ4v) is 2.92. The Morgan fingerprint density at radius 1 is 1.32 bits per heavy atom. The lowest BCUT2D eigenvalue weighted by Crippen LogP contribution is -2.42. The number of aromatic amines is 2. The number of hydrogen-bond donors (Lipinski definition) is 3. The highest BCUT2D eigenvalue weighted by Gasteiger charge is 2.28. The first-order valence-corrected chi connectivity index (χ1v) is 7.68. The van der Waals surface area contributed by atoms with Crippen LogP contribution in [-0.2, 0) is 0 Å². The van der Waals surface area contributed by atoms with Crippen molar-refractivity contribution in [2.24, 2.45) is 11.8 Å². The molecule has 1 aromatic rings. The first kappa shape index (κ1) is 16.5. The lowest BCUT2D eigenvalue weighted by Gasteiger charge is -2.34. The normalized spacial score (nSPS) is 17.7. The Hall–Kier alpha value is -1.89. The fourth-order valence-electron chi connectivity index (χ4n) is 2.92. The summed E-state index contributed by atoms with van der Waals surface area (Å²) in [4.78, 5) is 40.8. The van der Waals surface area contributed by atoms with Gasteiger partial charge in [0.25, 0.3) is 11.5 Å². The van der Waals surface area contributed by atoms with E-state index in [-0.39, 0.29) is 23.6 Å². The van der Waals surface area contributed by atoms with E-state index in [1.807, 2.05) is 4.98 Å². The Balaban J connectivity index is 1.98. The van der Waals surface area contributed by atoms with Crippen LogP contribution in [0.4, 0.5) is 0 Å². The quantitative estimate of drug-likeness (QED) is 0.744. The Morgan fingerprint density at radius 2 is 1.95 bits per heavy atom. The van der Waals surface area contributed by atoms with Crippen LogP contribution in [0.3, 0.4) is 0 Å². The van der Waals surface area contributed by atoms with E-state index in [1.54, 1.807) is 4.90 Å². The number of likely N-dealkylation sites (tertiary alicyclic amines) is 1. The van der Waals surface area contributed by atoms with Crippen LogP contribution in [0.15, 0.2) is 15.7 Å². The zero-order valence-corrected chi connectivity index (χ0v) is 13.0. The van der Waals surface area contributed by atoms with E-state index < -0.39 is 11.2 Å². The third-order valence-electron chi connectivity index (χ3n) is 4.07. The summed E-state index contributed by atoms with van der Waals surface area (Å²) in [6, 6.07) is 1.10. The molecule has 3 N–H and O–H groups in total. The number of aliphatic hydroxyl groups is 1. The summed E-state index contributed by atoms with van der Waals surface area (Å²) in [5.74, 6) is 0.292. The van der Waals surface area contributed by atoms with Gasteiger partial charge in [0.2, 0.25) is 0 Å². The molecule has 1 aliphatic heterocycles. The number of H-pyrrole nitrogens is 2. The zero-order chi connectivity index (χ0) is 16.3. The van der Waals surface area contributed by atoms with Crippen LogP contribution in [0.2, 0.25) is 0 Å². The SMILES string of the molecule is CC(C)C[C@@H](O)C1CCN(C(=O)c2cc(=O)[nH]c(=O)[nH]2)CC1.